The van der Waals surface area contributed by atoms with Crippen molar-refractivity contribution in [1.82, 2.24) is 5.32 Å². The van der Waals surface area contributed by atoms with Crippen LogP contribution in [0.25, 0.3) is 11.3 Å². The van der Waals surface area contributed by atoms with Gasteiger partial charge in [-0.3, -0.25) is 20.2 Å². The Morgan fingerprint density at radius 1 is 1.17 bits per heavy atom. The molecule has 10 heteroatoms. The molecule has 0 aliphatic carbocycles. The van der Waals surface area contributed by atoms with E-state index in [0.29, 0.717) is 11.4 Å². The van der Waals surface area contributed by atoms with Gasteiger partial charge in [-0.1, -0.05) is 28.1 Å². The van der Waals surface area contributed by atoms with Crippen molar-refractivity contribution in [2.45, 2.75) is 0 Å². The van der Waals surface area contributed by atoms with Gasteiger partial charge in [-0.05, 0) is 48.6 Å². The Bertz CT molecular complexity index is 1080. The maximum absolute atomic E-state index is 12.4. The van der Waals surface area contributed by atoms with E-state index in [2.05, 4.69) is 26.6 Å². The highest BCUT2D eigenvalue weighted by molar-refractivity contribution is 9.10. The minimum atomic E-state index is -0.571. The van der Waals surface area contributed by atoms with Crippen LogP contribution >= 0.6 is 28.1 Å². The van der Waals surface area contributed by atoms with Crippen LogP contribution in [0.5, 0.6) is 5.75 Å². The lowest BCUT2D eigenvalue weighted by atomic mass is 10.2. The quantitative estimate of drug-likeness (QED) is 0.311. The van der Waals surface area contributed by atoms with E-state index >= 15 is 0 Å². The Morgan fingerprint density at radius 3 is 2.55 bits per heavy atom. The van der Waals surface area contributed by atoms with Crippen molar-refractivity contribution < 1.29 is 18.9 Å². The Kier molecular flexibility index (Phi) is 6.25. The molecule has 0 spiro atoms. The average Bonchev–Trinajstić information content (AvgIpc) is 3.18. The van der Waals surface area contributed by atoms with Crippen LogP contribution in [-0.2, 0) is 0 Å². The maximum Gasteiger partial charge on any atom is 0.312 e. The van der Waals surface area contributed by atoms with Gasteiger partial charge in [0.05, 0.1) is 12.0 Å². The molecule has 3 rings (SSSR count). The van der Waals surface area contributed by atoms with Gasteiger partial charge in [-0.25, -0.2) is 0 Å². The van der Waals surface area contributed by atoms with E-state index in [9.17, 15) is 14.9 Å². The number of nitrogens with zero attached hydrogens (tertiary/aromatic N) is 1. The first kappa shape index (κ1) is 20.5. The third-order valence-corrected chi connectivity index (χ3v) is 4.55. The second-order valence-electron chi connectivity index (χ2n) is 5.72. The van der Waals surface area contributed by atoms with Gasteiger partial charge >= 0.3 is 5.69 Å². The van der Waals surface area contributed by atoms with Crippen molar-refractivity contribution in [3.8, 4) is 17.1 Å². The molecule has 1 amide bonds. The van der Waals surface area contributed by atoms with Crippen LogP contribution in [0.2, 0.25) is 0 Å². The molecule has 0 radical (unpaired) electrons. The summed E-state index contributed by atoms with van der Waals surface area (Å²) in [6.45, 7) is 0. The fourth-order valence-electron chi connectivity index (χ4n) is 2.47. The summed E-state index contributed by atoms with van der Waals surface area (Å²) in [7, 11) is 1.34. The molecule has 0 aliphatic heterocycles. The van der Waals surface area contributed by atoms with Crippen LogP contribution < -0.4 is 15.4 Å². The van der Waals surface area contributed by atoms with Crippen molar-refractivity contribution >= 4 is 50.5 Å². The number of hydrogen-bond acceptors (Lipinski definition) is 6. The normalized spacial score (nSPS) is 10.3. The van der Waals surface area contributed by atoms with Gasteiger partial charge in [-0.2, -0.15) is 0 Å². The van der Waals surface area contributed by atoms with Crippen molar-refractivity contribution in [2.75, 3.05) is 12.4 Å². The number of nitrogens with one attached hydrogen (secondary N) is 2. The predicted octanol–water partition coefficient (Wildman–Crippen LogP) is 4.75. The Hall–Kier alpha value is -3.24. The SMILES string of the molecule is COc1ccc(NC(=S)NC(=O)c2ccc(-c3ccc(Br)cc3)o2)cc1[N+](=O)[O-]. The summed E-state index contributed by atoms with van der Waals surface area (Å²) in [5.41, 5.74) is 0.924. The molecule has 3 aromatic rings. The Morgan fingerprint density at radius 2 is 1.90 bits per heavy atom. The molecule has 0 saturated heterocycles. The zero-order valence-corrected chi connectivity index (χ0v) is 17.4. The zero-order chi connectivity index (χ0) is 21.0. The second kappa shape index (κ2) is 8.84. The van der Waals surface area contributed by atoms with Gasteiger partial charge in [0.15, 0.2) is 16.6 Å². The average molecular weight is 476 g/mol. The molecule has 0 aliphatic rings. The largest absolute Gasteiger partial charge is 0.490 e. The number of amides is 1. The number of anilines is 1. The summed E-state index contributed by atoms with van der Waals surface area (Å²) in [6.07, 6.45) is 0. The van der Waals surface area contributed by atoms with Crippen LogP contribution in [0.15, 0.2) is 63.5 Å². The fourth-order valence-corrected chi connectivity index (χ4v) is 2.94. The third kappa shape index (κ3) is 4.98. The number of nitro benzene ring substituents is 1. The number of carbonyl (C=O) groups is 1. The first-order valence-corrected chi connectivity index (χ1v) is 9.38. The van der Waals surface area contributed by atoms with Crippen LogP contribution in [0, 0.1) is 10.1 Å². The number of furan rings is 1. The summed E-state index contributed by atoms with van der Waals surface area (Å²) in [5, 5.41) is 16.3. The number of methoxy groups -OCH3 is 1. The molecule has 0 saturated carbocycles. The molecular weight excluding hydrogens is 462 g/mol. The molecule has 2 aromatic carbocycles. The fraction of sp³-hybridized carbons (Fsp3) is 0.0526. The lowest BCUT2D eigenvalue weighted by Gasteiger charge is -2.09. The van der Waals surface area contributed by atoms with Gasteiger partial charge < -0.3 is 14.5 Å². The Labute approximate surface area is 179 Å². The highest BCUT2D eigenvalue weighted by atomic mass is 79.9. The number of hydrogen-bond donors (Lipinski definition) is 2. The second-order valence-corrected chi connectivity index (χ2v) is 7.05. The van der Waals surface area contributed by atoms with Crippen LogP contribution in [0.3, 0.4) is 0 Å². The summed E-state index contributed by atoms with van der Waals surface area (Å²) in [5.74, 6) is 0.181. The summed E-state index contributed by atoms with van der Waals surface area (Å²) >= 11 is 8.47. The minimum absolute atomic E-state index is 0.0314. The molecule has 2 N–H and O–H groups in total. The van der Waals surface area contributed by atoms with Crippen molar-refractivity contribution in [2.24, 2.45) is 0 Å². The van der Waals surface area contributed by atoms with Gasteiger partial charge in [0.25, 0.3) is 5.91 Å². The van der Waals surface area contributed by atoms with E-state index in [4.69, 9.17) is 21.4 Å². The molecule has 0 atom stereocenters. The van der Waals surface area contributed by atoms with Crippen LogP contribution in [-0.4, -0.2) is 23.1 Å². The highest BCUT2D eigenvalue weighted by Gasteiger charge is 2.17. The van der Waals surface area contributed by atoms with Crippen molar-refractivity contribution in [1.29, 1.82) is 0 Å². The molecule has 0 unspecified atom stereocenters. The number of carbonyl (C=O) groups excluding carboxylic acids is 1. The lowest BCUT2D eigenvalue weighted by molar-refractivity contribution is -0.385. The minimum Gasteiger partial charge on any atom is -0.490 e. The van der Waals surface area contributed by atoms with Gasteiger partial charge in [-0.15, -0.1) is 0 Å². The van der Waals surface area contributed by atoms with E-state index in [1.807, 2.05) is 24.3 Å². The maximum atomic E-state index is 12.4. The number of benzene rings is 2. The predicted molar refractivity (Wildman–Crippen MR) is 115 cm³/mol. The first-order valence-electron chi connectivity index (χ1n) is 8.18. The smallest absolute Gasteiger partial charge is 0.312 e. The molecule has 0 fully saturated rings. The molecule has 29 heavy (non-hydrogen) atoms. The number of thiocarbonyl (C=S) groups is 1. The topological polar surface area (TPSA) is 107 Å². The van der Waals surface area contributed by atoms with Gasteiger partial charge in [0, 0.05) is 21.8 Å². The lowest BCUT2D eigenvalue weighted by Crippen LogP contribution is -2.33. The van der Waals surface area contributed by atoms with Gasteiger partial charge in [0.2, 0.25) is 0 Å². The monoisotopic (exact) mass is 475 g/mol. The van der Waals surface area contributed by atoms with Crippen LogP contribution in [0.1, 0.15) is 10.6 Å². The van der Waals surface area contributed by atoms with E-state index in [1.54, 1.807) is 12.1 Å². The summed E-state index contributed by atoms with van der Waals surface area (Å²) < 4.78 is 11.5. The van der Waals surface area contributed by atoms with E-state index in [-0.39, 0.29) is 22.3 Å². The number of ether oxygens (including phenoxy) is 1. The number of rotatable bonds is 5. The molecule has 148 valence electrons. The molecule has 1 heterocycles. The molecule has 1 aromatic heterocycles. The zero-order valence-electron chi connectivity index (χ0n) is 15.0. The molecular formula is C19H14BrN3O5S. The van der Waals surface area contributed by atoms with Gasteiger partial charge in [0.1, 0.15) is 5.76 Å². The third-order valence-electron chi connectivity index (χ3n) is 3.82. The summed E-state index contributed by atoms with van der Waals surface area (Å²) in [4.78, 5) is 22.9. The molecule has 8 nitrogen and oxygen atoms in total. The first-order chi connectivity index (χ1) is 13.9. The number of halogens is 1. The Balaban J connectivity index is 1.67. The summed E-state index contributed by atoms with van der Waals surface area (Å²) in [6, 6.07) is 14.9. The van der Waals surface area contributed by atoms with Crippen LogP contribution in [0.4, 0.5) is 11.4 Å². The van der Waals surface area contributed by atoms with Crippen molar-refractivity contribution in [3.63, 3.8) is 0 Å². The van der Waals surface area contributed by atoms with E-state index in [0.717, 1.165) is 10.0 Å². The number of nitro groups is 1. The standard InChI is InChI=1S/C19H14BrN3O5S/c1-27-16-7-6-13(10-14(16)23(25)26)21-19(29)22-18(24)17-9-8-15(28-17)11-2-4-12(20)5-3-11/h2-10H,1H3,(H2,21,22,24,29). The molecule has 0 bridgehead atoms. The van der Waals surface area contributed by atoms with E-state index in [1.165, 1.54) is 25.3 Å². The highest BCUT2D eigenvalue weighted by Crippen LogP contribution is 2.29. The van der Waals surface area contributed by atoms with E-state index < -0.39 is 10.8 Å². The van der Waals surface area contributed by atoms with Crippen molar-refractivity contribution in [3.05, 3.63) is 74.9 Å².